The standard InChI is InChI=1S/C10H9NO5/c11-6-3-5(4-12)8-9(7(6)10(13)14)16-2-1-15-8/h3-4H,1-2,11H2,(H,13,14). The maximum absolute atomic E-state index is 11.0. The third kappa shape index (κ3) is 1.44. The number of aromatic carboxylic acids is 1. The molecule has 0 radical (unpaired) electrons. The molecule has 1 aromatic rings. The second kappa shape index (κ2) is 3.73. The van der Waals surface area contributed by atoms with Crippen LogP contribution in [-0.2, 0) is 0 Å². The number of ether oxygens (including phenoxy) is 2. The molecule has 0 fully saturated rings. The molecule has 0 atom stereocenters. The van der Waals surface area contributed by atoms with Crippen molar-refractivity contribution in [2.75, 3.05) is 18.9 Å². The van der Waals surface area contributed by atoms with Gasteiger partial charge in [-0.25, -0.2) is 4.79 Å². The quantitative estimate of drug-likeness (QED) is 0.561. The van der Waals surface area contributed by atoms with Crippen LogP contribution >= 0.6 is 0 Å². The molecule has 84 valence electrons. The van der Waals surface area contributed by atoms with Crippen molar-refractivity contribution in [3.05, 3.63) is 17.2 Å². The van der Waals surface area contributed by atoms with Crippen LogP contribution in [0.1, 0.15) is 20.7 Å². The number of fused-ring (bicyclic) bond motifs is 1. The first-order valence-corrected chi connectivity index (χ1v) is 4.55. The number of anilines is 1. The fourth-order valence-corrected chi connectivity index (χ4v) is 1.56. The van der Waals surface area contributed by atoms with E-state index in [-0.39, 0.29) is 41.5 Å². The lowest BCUT2D eigenvalue weighted by Gasteiger charge is -2.22. The number of hydrogen-bond acceptors (Lipinski definition) is 5. The van der Waals surface area contributed by atoms with Gasteiger partial charge in [-0.1, -0.05) is 0 Å². The molecule has 6 heteroatoms. The van der Waals surface area contributed by atoms with E-state index in [1.165, 1.54) is 6.07 Å². The maximum atomic E-state index is 11.0. The number of carboxylic acids is 1. The van der Waals surface area contributed by atoms with Crippen LogP contribution in [0.4, 0.5) is 5.69 Å². The minimum absolute atomic E-state index is 0.0150. The molecule has 3 N–H and O–H groups in total. The van der Waals surface area contributed by atoms with Crippen LogP contribution in [0.3, 0.4) is 0 Å². The van der Waals surface area contributed by atoms with E-state index in [9.17, 15) is 9.59 Å². The van der Waals surface area contributed by atoms with Gasteiger partial charge in [-0.05, 0) is 6.07 Å². The first-order chi connectivity index (χ1) is 7.65. The minimum Gasteiger partial charge on any atom is -0.485 e. The molecule has 1 heterocycles. The lowest BCUT2D eigenvalue weighted by atomic mass is 10.1. The summed E-state index contributed by atoms with van der Waals surface area (Å²) < 4.78 is 10.4. The van der Waals surface area contributed by atoms with Crippen LogP contribution in [0.5, 0.6) is 11.5 Å². The Labute approximate surface area is 90.6 Å². The summed E-state index contributed by atoms with van der Waals surface area (Å²) in [4.78, 5) is 21.8. The van der Waals surface area contributed by atoms with Crippen molar-refractivity contribution in [3.63, 3.8) is 0 Å². The van der Waals surface area contributed by atoms with E-state index < -0.39 is 5.97 Å². The third-order valence-corrected chi connectivity index (χ3v) is 2.21. The van der Waals surface area contributed by atoms with E-state index in [4.69, 9.17) is 20.3 Å². The van der Waals surface area contributed by atoms with E-state index in [2.05, 4.69) is 0 Å². The highest BCUT2D eigenvalue weighted by Crippen LogP contribution is 2.39. The van der Waals surface area contributed by atoms with E-state index in [1.54, 1.807) is 0 Å². The smallest absolute Gasteiger partial charge is 0.341 e. The molecule has 0 aliphatic carbocycles. The van der Waals surface area contributed by atoms with Crippen molar-refractivity contribution < 1.29 is 24.2 Å². The van der Waals surface area contributed by atoms with Gasteiger partial charge >= 0.3 is 5.97 Å². The summed E-state index contributed by atoms with van der Waals surface area (Å²) in [7, 11) is 0. The minimum atomic E-state index is -1.21. The maximum Gasteiger partial charge on any atom is 0.341 e. The van der Waals surface area contributed by atoms with Gasteiger partial charge < -0.3 is 20.3 Å². The zero-order chi connectivity index (χ0) is 11.7. The van der Waals surface area contributed by atoms with Gasteiger partial charge in [0.15, 0.2) is 17.8 Å². The van der Waals surface area contributed by atoms with E-state index in [1.807, 2.05) is 0 Å². The molecule has 0 saturated heterocycles. The Balaban J connectivity index is 2.72. The monoisotopic (exact) mass is 223 g/mol. The van der Waals surface area contributed by atoms with Crippen molar-refractivity contribution in [2.24, 2.45) is 0 Å². The zero-order valence-electron chi connectivity index (χ0n) is 8.23. The molecular weight excluding hydrogens is 214 g/mol. The molecule has 16 heavy (non-hydrogen) atoms. The molecule has 0 aromatic heterocycles. The summed E-state index contributed by atoms with van der Waals surface area (Å²) in [5.74, 6) is -1.04. The summed E-state index contributed by atoms with van der Waals surface area (Å²) in [5.41, 5.74) is 5.56. The average molecular weight is 223 g/mol. The molecule has 0 saturated carbocycles. The predicted octanol–water partition coefficient (Wildman–Crippen LogP) is 0.551. The first-order valence-electron chi connectivity index (χ1n) is 4.55. The molecule has 2 rings (SSSR count). The lowest BCUT2D eigenvalue weighted by Crippen LogP contribution is -2.20. The fourth-order valence-electron chi connectivity index (χ4n) is 1.56. The zero-order valence-corrected chi connectivity index (χ0v) is 8.23. The molecular formula is C10H9NO5. The second-order valence-corrected chi connectivity index (χ2v) is 3.21. The molecule has 0 amide bonds. The van der Waals surface area contributed by atoms with Gasteiger partial charge in [0.2, 0.25) is 0 Å². The third-order valence-electron chi connectivity index (χ3n) is 2.21. The Bertz CT molecular complexity index is 469. The summed E-state index contributed by atoms with van der Waals surface area (Å²) in [6.45, 7) is 0.506. The van der Waals surface area contributed by atoms with Crippen molar-refractivity contribution >= 4 is 17.9 Å². The van der Waals surface area contributed by atoms with Crippen molar-refractivity contribution in [2.45, 2.75) is 0 Å². The molecule has 1 aromatic carbocycles. The number of aldehydes is 1. The number of rotatable bonds is 2. The normalized spacial score (nSPS) is 13.2. The molecule has 1 aliphatic rings. The van der Waals surface area contributed by atoms with Crippen molar-refractivity contribution in [3.8, 4) is 11.5 Å². The van der Waals surface area contributed by atoms with Gasteiger partial charge in [-0.15, -0.1) is 0 Å². The fraction of sp³-hybridized carbons (Fsp3) is 0.200. The van der Waals surface area contributed by atoms with Crippen molar-refractivity contribution in [1.82, 2.24) is 0 Å². The number of nitrogen functional groups attached to an aromatic ring is 1. The first kappa shape index (κ1) is 10.3. The van der Waals surface area contributed by atoms with E-state index in [0.717, 1.165) is 0 Å². The Morgan fingerprint density at radius 3 is 2.56 bits per heavy atom. The van der Waals surface area contributed by atoms with Gasteiger partial charge in [0, 0.05) is 0 Å². The summed E-state index contributed by atoms with van der Waals surface area (Å²) in [6.07, 6.45) is 0.551. The van der Waals surface area contributed by atoms with E-state index in [0.29, 0.717) is 6.29 Å². The molecule has 0 unspecified atom stereocenters. The summed E-state index contributed by atoms with van der Waals surface area (Å²) in [6, 6.07) is 1.27. The highest BCUT2D eigenvalue weighted by molar-refractivity contribution is 6.00. The SMILES string of the molecule is Nc1cc(C=O)c2c(c1C(=O)O)OCCO2. The Morgan fingerprint density at radius 2 is 2.00 bits per heavy atom. The van der Waals surface area contributed by atoms with Crippen LogP contribution in [0.15, 0.2) is 6.07 Å². The van der Waals surface area contributed by atoms with Crippen LogP contribution in [0, 0.1) is 0 Å². The van der Waals surface area contributed by atoms with E-state index >= 15 is 0 Å². The van der Waals surface area contributed by atoms with Crippen LogP contribution < -0.4 is 15.2 Å². The molecule has 0 spiro atoms. The largest absolute Gasteiger partial charge is 0.485 e. The number of benzene rings is 1. The van der Waals surface area contributed by atoms with Crippen LogP contribution in [0.25, 0.3) is 0 Å². The lowest BCUT2D eigenvalue weighted by molar-refractivity contribution is 0.0686. The highest BCUT2D eigenvalue weighted by atomic mass is 16.6. The predicted molar refractivity (Wildman–Crippen MR) is 54.2 cm³/mol. The Morgan fingerprint density at radius 1 is 1.38 bits per heavy atom. The number of carbonyl (C=O) groups excluding carboxylic acids is 1. The van der Waals surface area contributed by atoms with Gasteiger partial charge in [0.1, 0.15) is 18.8 Å². The molecule has 1 aliphatic heterocycles. The van der Waals surface area contributed by atoms with Crippen molar-refractivity contribution in [1.29, 1.82) is 0 Å². The molecule has 0 bridgehead atoms. The van der Waals surface area contributed by atoms with Gasteiger partial charge in [-0.2, -0.15) is 0 Å². The van der Waals surface area contributed by atoms with Crippen LogP contribution in [-0.4, -0.2) is 30.6 Å². The van der Waals surface area contributed by atoms with Gasteiger partial charge in [0.05, 0.1) is 11.3 Å². The summed E-state index contributed by atoms with van der Waals surface area (Å²) >= 11 is 0. The number of carbonyl (C=O) groups is 2. The van der Waals surface area contributed by atoms with Gasteiger partial charge in [-0.3, -0.25) is 4.79 Å². The summed E-state index contributed by atoms with van der Waals surface area (Å²) in [5, 5.41) is 8.98. The molecule has 6 nitrogen and oxygen atoms in total. The van der Waals surface area contributed by atoms with Gasteiger partial charge in [0.25, 0.3) is 0 Å². The van der Waals surface area contributed by atoms with Crippen LogP contribution in [0.2, 0.25) is 0 Å². The Hall–Kier alpha value is -2.24. The number of nitrogens with two attached hydrogens (primary N) is 1. The number of carboxylic acid groups (broad SMARTS) is 1. The average Bonchev–Trinajstić information content (AvgIpc) is 2.27. The topological polar surface area (TPSA) is 98.9 Å². The number of hydrogen-bond donors (Lipinski definition) is 2. The second-order valence-electron chi connectivity index (χ2n) is 3.21. The highest BCUT2D eigenvalue weighted by Gasteiger charge is 2.26. The Kier molecular flexibility index (Phi) is 2.40.